The standard InChI is InChI=1S/C17H24N2O3S/c1-22-17(21)11-23-10-12-4-2-6-14(8-12)19-16(20)9-13-5-3-7-15(13)18/h2,4,6,8,13,15H,3,5,7,9-11,18H2,1H3,(H,19,20)/t13-,15+/m0/s1. The van der Waals surface area contributed by atoms with Gasteiger partial charge in [0.15, 0.2) is 0 Å². The van der Waals surface area contributed by atoms with Crippen LogP contribution in [0.25, 0.3) is 0 Å². The molecule has 1 aliphatic carbocycles. The van der Waals surface area contributed by atoms with Crippen LogP contribution in [0.2, 0.25) is 0 Å². The second-order valence-electron chi connectivity index (χ2n) is 5.88. The van der Waals surface area contributed by atoms with Gasteiger partial charge in [-0.2, -0.15) is 0 Å². The first-order chi connectivity index (χ1) is 11.1. The number of ether oxygens (including phenoxy) is 1. The molecular formula is C17H24N2O3S. The zero-order valence-corrected chi connectivity index (χ0v) is 14.2. The van der Waals surface area contributed by atoms with E-state index in [1.807, 2.05) is 24.3 Å². The molecule has 1 fully saturated rings. The molecule has 5 nitrogen and oxygen atoms in total. The van der Waals surface area contributed by atoms with Gasteiger partial charge in [0.25, 0.3) is 0 Å². The number of carbonyl (C=O) groups excluding carboxylic acids is 2. The van der Waals surface area contributed by atoms with Gasteiger partial charge in [-0.15, -0.1) is 11.8 Å². The van der Waals surface area contributed by atoms with Crippen LogP contribution in [0.5, 0.6) is 0 Å². The summed E-state index contributed by atoms with van der Waals surface area (Å²) in [5.41, 5.74) is 7.87. The van der Waals surface area contributed by atoms with E-state index in [0.29, 0.717) is 23.8 Å². The number of rotatable bonds is 7. The highest BCUT2D eigenvalue weighted by atomic mass is 32.2. The fourth-order valence-electron chi connectivity index (χ4n) is 2.82. The molecule has 1 amide bonds. The van der Waals surface area contributed by atoms with Crippen LogP contribution in [0.15, 0.2) is 24.3 Å². The summed E-state index contributed by atoms with van der Waals surface area (Å²) in [6, 6.07) is 7.86. The fourth-order valence-corrected chi connectivity index (χ4v) is 3.62. The highest BCUT2D eigenvalue weighted by Crippen LogP contribution is 2.27. The lowest BCUT2D eigenvalue weighted by Crippen LogP contribution is -2.28. The molecule has 6 heteroatoms. The Bertz CT molecular complexity index is 550. The Morgan fingerprint density at radius 1 is 1.39 bits per heavy atom. The van der Waals surface area contributed by atoms with E-state index in [1.165, 1.54) is 18.9 Å². The summed E-state index contributed by atoms with van der Waals surface area (Å²) in [5, 5.41) is 2.94. The Hall–Kier alpha value is -1.53. The predicted molar refractivity (Wildman–Crippen MR) is 93.2 cm³/mol. The van der Waals surface area contributed by atoms with E-state index >= 15 is 0 Å². The average Bonchev–Trinajstić information content (AvgIpc) is 2.92. The minimum Gasteiger partial charge on any atom is -0.468 e. The van der Waals surface area contributed by atoms with E-state index in [9.17, 15) is 9.59 Å². The molecule has 0 aromatic heterocycles. The fraction of sp³-hybridized carbons (Fsp3) is 0.529. The number of amides is 1. The molecular weight excluding hydrogens is 312 g/mol. The number of esters is 1. The first kappa shape index (κ1) is 17.8. The van der Waals surface area contributed by atoms with Crippen LogP contribution < -0.4 is 11.1 Å². The summed E-state index contributed by atoms with van der Waals surface area (Å²) in [6.45, 7) is 0. The zero-order valence-electron chi connectivity index (χ0n) is 13.4. The first-order valence-electron chi connectivity index (χ1n) is 7.87. The van der Waals surface area contributed by atoms with Gasteiger partial charge in [0.1, 0.15) is 0 Å². The summed E-state index contributed by atoms with van der Waals surface area (Å²) in [5.74, 6) is 1.12. The number of thioether (sulfide) groups is 1. The van der Waals surface area contributed by atoms with E-state index in [1.54, 1.807) is 0 Å². The molecule has 0 saturated heterocycles. The van der Waals surface area contributed by atoms with E-state index in [0.717, 1.165) is 30.5 Å². The van der Waals surface area contributed by atoms with Gasteiger partial charge in [0.2, 0.25) is 5.91 Å². The van der Waals surface area contributed by atoms with Crippen molar-refractivity contribution in [3.63, 3.8) is 0 Å². The minimum atomic E-state index is -0.229. The molecule has 1 aliphatic rings. The summed E-state index contributed by atoms with van der Waals surface area (Å²) >= 11 is 1.49. The van der Waals surface area contributed by atoms with Crippen molar-refractivity contribution in [3.05, 3.63) is 29.8 Å². The van der Waals surface area contributed by atoms with Crippen molar-refractivity contribution in [2.75, 3.05) is 18.2 Å². The molecule has 2 rings (SSSR count). The van der Waals surface area contributed by atoms with Crippen molar-refractivity contribution in [2.24, 2.45) is 11.7 Å². The molecule has 1 saturated carbocycles. The molecule has 0 spiro atoms. The maximum atomic E-state index is 12.1. The number of methoxy groups -OCH3 is 1. The van der Waals surface area contributed by atoms with Gasteiger partial charge >= 0.3 is 5.97 Å². The smallest absolute Gasteiger partial charge is 0.315 e. The zero-order chi connectivity index (χ0) is 16.7. The molecule has 126 valence electrons. The maximum absolute atomic E-state index is 12.1. The SMILES string of the molecule is COC(=O)CSCc1cccc(NC(=O)C[C@@H]2CCC[C@H]2N)c1. The number of nitrogens with two attached hydrogens (primary N) is 1. The minimum absolute atomic E-state index is 0.0201. The Balaban J connectivity index is 1.81. The molecule has 0 heterocycles. The molecule has 0 radical (unpaired) electrons. The molecule has 3 N–H and O–H groups in total. The summed E-state index contributed by atoms with van der Waals surface area (Å²) in [4.78, 5) is 23.2. The third kappa shape index (κ3) is 5.88. The second-order valence-corrected chi connectivity index (χ2v) is 6.86. The van der Waals surface area contributed by atoms with Gasteiger partial charge in [0.05, 0.1) is 12.9 Å². The lowest BCUT2D eigenvalue weighted by Gasteiger charge is -2.15. The van der Waals surface area contributed by atoms with Gasteiger partial charge in [-0.1, -0.05) is 18.6 Å². The van der Waals surface area contributed by atoms with Crippen LogP contribution >= 0.6 is 11.8 Å². The average molecular weight is 336 g/mol. The normalized spacial score (nSPS) is 20.3. The number of hydrogen-bond acceptors (Lipinski definition) is 5. The maximum Gasteiger partial charge on any atom is 0.315 e. The molecule has 0 bridgehead atoms. The highest BCUT2D eigenvalue weighted by Gasteiger charge is 2.25. The van der Waals surface area contributed by atoms with Crippen LogP contribution in [0.1, 0.15) is 31.2 Å². The van der Waals surface area contributed by atoms with Crippen molar-refractivity contribution < 1.29 is 14.3 Å². The lowest BCUT2D eigenvalue weighted by atomic mass is 10.00. The Morgan fingerprint density at radius 3 is 2.91 bits per heavy atom. The molecule has 0 unspecified atom stereocenters. The van der Waals surface area contributed by atoms with E-state index in [4.69, 9.17) is 5.73 Å². The van der Waals surface area contributed by atoms with Crippen molar-refractivity contribution in [1.29, 1.82) is 0 Å². The van der Waals surface area contributed by atoms with Crippen LogP contribution in [0, 0.1) is 5.92 Å². The monoisotopic (exact) mass is 336 g/mol. The topological polar surface area (TPSA) is 81.4 Å². The highest BCUT2D eigenvalue weighted by molar-refractivity contribution is 7.99. The van der Waals surface area contributed by atoms with Gasteiger partial charge in [0, 0.05) is 23.9 Å². The molecule has 23 heavy (non-hydrogen) atoms. The number of benzene rings is 1. The Morgan fingerprint density at radius 2 is 2.22 bits per heavy atom. The van der Waals surface area contributed by atoms with Gasteiger partial charge in [-0.05, 0) is 36.5 Å². The van der Waals surface area contributed by atoms with Crippen LogP contribution in [-0.4, -0.2) is 30.8 Å². The number of anilines is 1. The van der Waals surface area contributed by atoms with Crippen molar-refractivity contribution in [1.82, 2.24) is 0 Å². The van der Waals surface area contributed by atoms with E-state index in [2.05, 4.69) is 10.1 Å². The van der Waals surface area contributed by atoms with Crippen LogP contribution in [0.3, 0.4) is 0 Å². The van der Waals surface area contributed by atoms with Gasteiger partial charge in [-0.25, -0.2) is 0 Å². The molecule has 1 aromatic carbocycles. The Kier molecular flexibility index (Phi) is 6.92. The summed E-state index contributed by atoms with van der Waals surface area (Å²) in [6.07, 6.45) is 3.66. The predicted octanol–water partition coefficient (Wildman–Crippen LogP) is 2.55. The van der Waals surface area contributed by atoms with Gasteiger partial charge < -0.3 is 15.8 Å². The molecule has 1 aromatic rings. The number of nitrogens with one attached hydrogen (secondary N) is 1. The third-order valence-corrected chi connectivity index (χ3v) is 5.07. The van der Waals surface area contributed by atoms with Crippen LogP contribution in [-0.2, 0) is 20.1 Å². The lowest BCUT2D eigenvalue weighted by molar-refractivity contribution is -0.137. The largest absolute Gasteiger partial charge is 0.468 e. The second kappa shape index (κ2) is 8.93. The first-order valence-corrected chi connectivity index (χ1v) is 9.03. The van der Waals surface area contributed by atoms with E-state index in [-0.39, 0.29) is 17.9 Å². The Labute approximate surface area is 141 Å². The molecule has 2 atom stereocenters. The number of hydrogen-bond donors (Lipinski definition) is 2. The molecule has 0 aliphatic heterocycles. The summed E-state index contributed by atoms with van der Waals surface area (Å²) < 4.78 is 4.61. The van der Waals surface area contributed by atoms with Gasteiger partial charge in [-0.3, -0.25) is 9.59 Å². The number of carbonyl (C=O) groups is 2. The summed E-state index contributed by atoms with van der Waals surface area (Å²) in [7, 11) is 1.38. The van der Waals surface area contributed by atoms with Crippen molar-refractivity contribution in [3.8, 4) is 0 Å². The van der Waals surface area contributed by atoms with Crippen LogP contribution in [0.4, 0.5) is 5.69 Å². The van der Waals surface area contributed by atoms with Crippen molar-refractivity contribution in [2.45, 2.75) is 37.5 Å². The van der Waals surface area contributed by atoms with E-state index < -0.39 is 0 Å². The van der Waals surface area contributed by atoms with Crippen molar-refractivity contribution >= 4 is 29.3 Å². The third-order valence-electron chi connectivity index (χ3n) is 4.09. The quantitative estimate of drug-likeness (QED) is 0.748.